The lowest BCUT2D eigenvalue weighted by molar-refractivity contribution is 0.0945. The zero-order chi connectivity index (χ0) is 16.4. The third-order valence-electron chi connectivity index (χ3n) is 3.93. The van der Waals surface area contributed by atoms with Gasteiger partial charge in [-0.2, -0.15) is 0 Å². The minimum Gasteiger partial charge on any atom is -0.388 e. The Morgan fingerprint density at radius 3 is 1.86 bits per heavy atom. The maximum atomic E-state index is 10.4. The van der Waals surface area contributed by atoms with E-state index in [2.05, 4.69) is 30.9 Å². The summed E-state index contributed by atoms with van der Waals surface area (Å²) in [5.41, 5.74) is 2.29. The molecule has 0 radical (unpaired) electrons. The van der Waals surface area contributed by atoms with Crippen molar-refractivity contribution in [2.45, 2.75) is 32.3 Å². The highest BCUT2D eigenvalue weighted by atomic mass is 16.5. The predicted molar refractivity (Wildman–Crippen MR) is 90.3 cm³/mol. The van der Waals surface area contributed by atoms with E-state index in [-0.39, 0.29) is 0 Å². The van der Waals surface area contributed by atoms with Crippen LogP contribution in [-0.2, 0) is 9.47 Å². The van der Waals surface area contributed by atoms with Crippen LogP contribution in [0.2, 0.25) is 0 Å². The number of ether oxygens (including phenoxy) is 2. The summed E-state index contributed by atoms with van der Waals surface area (Å²) in [6, 6.07) is 8.29. The van der Waals surface area contributed by atoms with E-state index in [4.69, 9.17) is 9.47 Å². The zero-order valence-electron chi connectivity index (χ0n) is 14.4. The highest BCUT2D eigenvalue weighted by Gasteiger charge is 2.11. The maximum absolute atomic E-state index is 10.4. The van der Waals surface area contributed by atoms with Crippen LogP contribution in [-0.4, -0.2) is 57.1 Å². The van der Waals surface area contributed by atoms with Crippen LogP contribution in [0.1, 0.15) is 43.4 Å². The van der Waals surface area contributed by atoms with Gasteiger partial charge in [0.05, 0.1) is 19.3 Å². The normalized spacial score (nSPS) is 13.0. The molecule has 0 fully saturated rings. The van der Waals surface area contributed by atoms with Crippen molar-refractivity contribution in [1.82, 2.24) is 4.90 Å². The highest BCUT2D eigenvalue weighted by molar-refractivity contribution is 5.26. The Morgan fingerprint density at radius 2 is 1.41 bits per heavy atom. The number of nitrogens with zero attached hydrogens (tertiary/aromatic N) is 1. The fourth-order valence-electron chi connectivity index (χ4n) is 2.35. The molecule has 0 saturated heterocycles. The van der Waals surface area contributed by atoms with E-state index in [0.29, 0.717) is 25.6 Å². The number of benzene rings is 1. The predicted octanol–water partition coefficient (Wildman–Crippen LogP) is 2.83. The van der Waals surface area contributed by atoms with Gasteiger partial charge in [0.1, 0.15) is 0 Å². The van der Waals surface area contributed by atoms with Gasteiger partial charge in [0.15, 0.2) is 0 Å². The van der Waals surface area contributed by atoms with Gasteiger partial charge in [0.2, 0.25) is 0 Å². The average molecular weight is 309 g/mol. The first-order chi connectivity index (χ1) is 10.6. The van der Waals surface area contributed by atoms with Crippen LogP contribution < -0.4 is 0 Å². The van der Waals surface area contributed by atoms with Gasteiger partial charge in [0, 0.05) is 33.9 Å². The fraction of sp³-hybridized carbons (Fsp3) is 0.667. The van der Waals surface area contributed by atoms with Gasteiger partial charge in [0.25, 0.3) is 0 Å². The van der Waals surface area contributed by atoms with Crippen LogP contribution in [0.15, 0.2) is 24.3 Å². The lowest BCUT2D eigenvalue weighted by atomic mass is 9.99. The molecule has 0 aliphatic rings. The van der Waals surface area contributed by atoms with Crippen LogP contribution >= 0.6 is 0 Å². The van der Waals surface area contributed by atoms with E-state index in [1.54, 1.807) is 14.2 Å². The zero-order valence-corrected chi connectivity index (χ0v) is 14.4. The Labute approximate surface area is 135 Å². The van der Waals surface area contributed by atoms with E-state index >= 15 is 0 Å². The van der Waals surface area contributed by atoms with E-state index in [1.807, 2.05) is 12.1 Å². The van der Waals surface area contributed by atoms with Crippen LogP contribution in [0, 0.1) is 0 Å². The second-order valence-corrected chi connectivity index (χ2v) is 5.95. The van der Waals surface area contributed by atoms with Crippen molar-refractivity contribution in [1.29, 1.82) is 0 Å². The maximum Gasteiger partial charge on any atom is 0.0802 e. The Balaban J connectivity index is 2.48. The number of methoxy groups -OCH3 is 2. The molecule has 0 aliphatic heterocycles. The quantitative estimate of drug-likeness (QED) is 0.682. The Morgan fingerprint density at radius 1 is 0.909 bits per heavy atom. The Hall–Kier alpha value is -0.940. The number of hydrogen-bond acceptors (Lipinski definition) is 4. The van der Waals surface area contributed by atoms with E-state index in [1.165, 1.54) is 5.56 Å². The molecule has 0 spiro atoms. The summed E-state index contributed by atoms with van der Waals surface area (Å²) in [6.07, 6.45) is 0.294. The van der Waals surface area contributed by atoms with Crippen molar-refractivity contribution in [2.75, 3.05) is 47.1 Å². The molecule has 0 amide bonds. The second-order valence-electron chi connectivity index (χ2n) is 5.95. The number of rotatable bonds is 11. The summed E-state index contributed by atoms with van der Waals surface area (Å²) >= 11 is 0. The van der Waals surface area contributed by atoms with Crippen LogP contribution in [0.3, 0.4) is 0 Å². The van der Waals surface area contributed by atoms with Crippen LogP contribution in [0.5, 0.6) is 0 Å². The molecule has 0 heterocycles. The third-order valence-corrected chi connectivity index (χ3v) is 3.93. The summed E-state index contributed by atoms with van der Waals surface area (Å²) < 4.78 is 10.3. The monoisotopic (exact) mass is 309 g/mol. The summed E-state index contributed by atoms with van der Waals surface area (Å²) in [5.74, 6) is 0.518. The summed E-state index contributed by atoms with van der Waals surface area (Å²) in [4.78, 5) is 2.26. The van der Waals surface area contributed by atoms with Crippen molar-refractivity contribution in [2.24, 2.45) is 0 Å². The molecule has 0 aliphatic carbocycles. The molecule has 0 saturated carbocycles. The Kier molecular flexibility index (Phi) is 9.32. The lowest BCUT2D eigenvalue weighted by Gasteiger charge is -2.23. The Bertz CT molecular complexity index is 384. The number of hydrogen-bond donors (Lipinski definition) is 1. The fourth-order valence-corrected chi connectivity index (χ4v) is 2.35. The molecule has 126 valence electrons. The standard InChI is InChI=1S/C18H31NO3/c1-15(2)16-5-7-17(8-6-16)18(20)9-10-19(11-13-21-3)12-14-22-4/h5-8,15,18,20H,9-14H2,1-4H3. The van der Waals surface area contributed by atoms with Crippen molar-refractivity contribution in [3.05, 3.63) is 35.4 Å². The summed E-state index contributed by atoms with van der Waals surface area (Å²) in [5, 5.41) is 10.4. The lowest BCUT2D eigenvalue weighted by Crippen LogP contribution is -2.32. The molecule has 0 bridgehead atoms. The van der Waals surface area contributed by atoms with Gasteiger partial charge >= 0.3 is 0 Å². The van der Waals surface area contributed by atoms with Gasteiger partial charge < -0.3 is 14.6 Å². The van der Waals surface area contributed by atoms with Gasteiger partial charge in [-0.05, 0) is 23.5 Å². The molecule has 1 atom stereocenters. The molecule has 1 rings (SSSR count). The molecule has 1 aromatic rings. The van der Waals surface area contributed by atoms with Gasteiger partial charge in [-0.1, -0.05) is 38.1 Å². The second kappa shape index (κ2) is 10.7. The molecular formula is C18H31NO3. The smallest absolute Gasteiger partial charge is 0.0802 e. The topological polar surface area (TPSA) is 41.9 Å². The number of aliphatic hydroxyl groups excluding tert-OH is 1. The molecule has 1 N–H and O–H groups in total. The highest BCUT2D eigenvalue weighted by Crippen LogP contribution is 2.21. The first-order valence-corrected chi connectivity index (χ1v) is 8.06. The summed E-state index contributed by atoms with van der Waals surface area (Å²) in [6.45, 7) is 8.30. The molecule has 1 unspecified atom stereocenters. The average Bonchev–Trinajstić information content (AvgIpc) is 2.54. The van der Waals surface area contributed by atoms with Gasteiger partial charge in [-0.3, -0.25) is 4.90 Å². The first-order valence-electron chi connectivity index (χ1n) is 8.06. The SMILES string of the molecule is COCCN(CCOC)CCC(O)c1ccc(C(C)C)cc1. The first kappa shape index (κ1) is 19.1. The van der Waals surface area contributed by atoms with Crippen molar-refractivity contribution >= 4 is 0 Å². The van der Waals surface area contributed by atoms with Crippen molar-refractivity contribution < 1.29 is 14.6 Å². The van der Waals surface area contributed by atoms with Crippen molar-refractivity contribution in [3.8, 4) is 0 Å². The minimum atomic E-state index is -0.422. The van der Waals surface area contributed by atoms with Crippen LogP contribution in [0.4, 0.5) is 0 Å². The van der Waals surface area contributed by atoms with Crippen molar-refractivity contribution in [3.63, 3.8) is 0 Å². The van der Waals surface area contributed by atoms with Crippen LogP contribution in [0.25, 0.3) is 0 Å². The van der Waals surface area contributed by atoms with E-state index in [9.17, 15) is 5.11 Å². The molecule has 4 heteroatoms. The summed E-state index contributed by atoms with van der Waals surface area (Å²) in [7, 11) is 3.42. The molecule has 0 aromatic heterocycles. The van der Waals surface area contributed by atoms with Gasteiger partial charge in [-0.15, -0.1) is 0 Å². The van der Waals surface area contributed by atoms with Gasteiger partial charge in [-0.25, -0.2) is 0 Å². The molecule has 22 heavy (non-hydrogen) atoms. The third kappa shape index (κ3) is 6.88. The molecule has 4 nitrogen and oxygen atoms in total. The molecule has 1 aromatic carbocycles. The van der Waals surface area contributed by atoms with E-state index < -0.39 is 6.10 Å². The molecular weight excluding hydrogens is 278 g/mol. The largest absolute Gasteiger partial charge is 0.388 e. The number of aliphatic hydroxyl groups is 1. The van der Waals surface area contributed by atoms with E-state index in [0.717, 1.165) is 25.2 Å². The minimum absolute atomic E-state index is 0.422.